The van der Waals surface area contributed by atoms with Crippen LogP contribution < -0.4 is 10.6 Å². The Morgan fingerprint density at radius 2 is 2.00 bits per heavy atom. The number of nitrogens with one attached hydrogen (secondary N) is 2. The predicted octanol–water partition coefficient (Wildman–Crippen LogP) is 1.90. The van der Waals surface area contributed by atoms with Gasteiger partial charge in [0.15, 0.2) is 5.96 Å². The third kappa shape index (κ3) is 6.16. The lowest BCUT2D eigenvalue weighted by Gasteiger charge is -2.13. The summed E-state index contributed by atoms with van der Waals surface area (Å²) in [4.78, 5) is 18.0. The highest BCUT2D eigenvalue weighted by Gasteiger charge is 2.08. The van der Waals surface area contributed by atoms with Gasteiger partial charge in [-0.1, -0.05) is 19.1 Å². The number of aliphatic imine (C=N–C) groups is 1. The van der Waals surface area contributed by atoms with Gasteiger partial charge in [0.2, 0.25) is 0 Å². The van der Waals surface area contributed by atoms with E-state index in [0.29, 0.717) is 0 Å². The first kappa shape index (κ1) is 18.0. The quantitative estimate of drug-likeness (QED) is 0.597. The molecule has 1 aromatic rings. The number of hydrogen-bond acceptors (Lipinski definition) is 2. The van der Waals surface area contributed by atoms with Crippen LogP contribution in [-0.2, 0) is 6.42 Å². The lowest BCUT2D eigenvalue weighted by atomic mass is 10.1. The summed E-state index contributed by atoms with van der Waals surface area (Å²) in [6.45, 7) is 6.62. The fourth-order valence-electron chi connectivity index (χ4n) is 2.01. The van der Waals surface area contributed by atoms with Gasteiger partial charge in [-0.3, -0.25) is 9.79 Å². The number of carbonyl (C=O) groups is 1. The van der Waals surface area contributed by atoms with E-state index in [4.69, 9.17) is 0 Å². The molecular weight excluding hydrogens is 276 g/mol. The maximum Gasteiger partial charge on any atom is 0.253 e. The number of amides is 1. The van der Waals surface area contributed by atoms with Gasteiger partial charge in [-0.2, -0.15) is 0 Å². The standard InChI is InChI=1S/C17H28N4O/c1-5-11-19-17(18-6-2)20-12-10-14-8-7-9-15(13-14)16(22)21(3)4/h7-9,13H,5-6,10-12H2,1-4H3,(H2,18,19,20). The minimum atomic E-state index is 0.0349. The molecule has 0 unspecified atom stereocenters. The minimum absolute atomic E-state index is 0.0349. The van der Waals surface area contributed by atoms with E-state index in [0.717, 1.165) is 49.6 Å². The van der Waals surface area contributed by atoms with E-state index in [1.807, 2.05) is 24.3 Å². The van der Waals surface area contributed by atoms with Crippen LogP contribution in [0.15, 0.2) is 29.3 Å². The molecule has 122 valence electrons. The zero-order valence-electron chi connectivity index (χ0n) is 14.1. The van der Waals surface area contributed by atoms with Crippen molar-refractivity contribution in [3.63, 3.8) is 0 Å². The monoisotopic (exact) mass is 304 g/mol. The van der Waals surface area contributed by atoms with Crippen LogP contribution >= 0.6 is 0 Å². The van der Waals surface area contributed by atoms with Crippen molar-refractivity contribution in [1.29, 1.82) is 0 Å². The van der Waals surface area contributed by atoms with Crippen molar-refractivity contribution >= 4 is 11.9 Å². The second-order valence-corrected chi connectivity index (χ2v) is 5.34. The largest absolute Gasteiger partial charge is 0.357 e. The van der Waals surface area contributed by atoms with E-state index < -0.39 is 0 Å². The zero-order valence-corrected chi connectivity index (χ0v) is 14.1. The number of carbonyl (C=O) groups excluding carboxylic acids is 1. The third-order valence-corrected chi connectivity index (χ3v) is 3.12. The molecule has 0 atom stereocenters. The Hall–Kier alpha value is -2.04. The summed E-state index contributed by atoms with van der Waals surface area (Å²) in [7, 11) is 3.53. The molecule has 1 aromatic carbocycles. The van der Waals surface area contributed by atoms with Gasteiger partial charge in [-0.25, -0.2) is 0 Å². The molecule has 0 bridgehead atoms. The average Bonchev–Trinajstić information content (AvgIpc) is 2.52. The van der Waals surface area contributed by atoms with Crippen LogP contribution in [0.4, 0.5) is 0 Å². The predicted molar refractivity (Wildman–Crippen MR) is 92.4 cm³/mol. The first-order chi connectivity index (χ1) is 10.6. The van der Waals surface area contributed by atoms with Crippen molar-refractivity contribution in [3.05, 3.63) is 35.4 Å². The van der Waals surface area contributed by atoms with E-state index in [2.05, 4.69) is 29.5 Å². The summed E-state index contributed by atoms with van der Waals surface area (Å²) < 4.78 is 0. The summed E-state index contributed by atoms with van der Waals surface area (Å²) in [5, 5.41) is 6.55. The Morgan fingerprint density at radius 1 is 1.23 bits per heavy atom. The average molecular weight is 304 g/mol. The molecule has 1 amide bonds. The smallest absolute Gasteiger partial charge is 0.253 e. The summed E-state index contributed by atoms with van der Waals surface area (Å²) >= 11 is 0. The zero-order chi connectivity index (χ0) is 16.4. The Labute approximate surface area is 133 Å². The van der Waals surface area contributed by atoms with Crippen LogP contribution in [0.5, 0.6) is 0 Å². The van der Waals surface area contributed by atoms with E-state index >= 15 is 0 Å². The third-order valence-electron chi connectivity index (χ3n) is 3.12. The number of hydrogen-bond donors (Lipinski definition) is 2. The van der Waals surface area contributed by atoms with Crippen LogP contribution in [0.25, 0.3) is 0 Å². The van der Waals surface area contributed by atoms with Crippen molar-refractivity contribution < 1.29 is 4.79 Å². The van der Waals surface area contributed by atoms with Gasteiger partial charge >= 0.3 is 0 Å². The van der Waals surface area contributed by atoms with Crippen LogP contribution in [0, 0.1) is 0 Å². The highest BCUT2D eigenvalue weighted by atomic mass is 16.2. The normalized spacial score (nSPS) is 11.2. The molecule has 0 radical (unpaired) electrons. The van der Waals surface area contributed by atoms with Gasteiger partial charge in [-0.15, -0.1) is 0 Å². The number of rotatable bonds is 7. The van der Waals surface area contributed by atoms with Crippen LogP contribution in [0.2, 0.25) is 0 Å². The van der Waals surface area contributed by atoms with Crippen LogP contribution in [0.1, 0.15) is 36.2 Å². The molecule has 0 saturated heterocycles. The van der Waals surface area contributed by atoms with E-state index in [1.54, 1.807) is 19.0 Å². The minimum Gasteiger partial charge on any atom is -0.357 e. The molecule has 0 spiro atoms. The lowest BCUT2D eigenvalue weighted by molar-refractivity contribution is 0.0827. The molecule has 2 N–H and O–H groups in total. The fraction of sp³-hybridized carbons (Fsp3) is 0.529. The Bertz CT molecular complexity index is 497. The van der Waals surface area contributed by atoms with Crippen molar-refractivity contribution in [3.8, 4) is 0 Å². The highest BCUT2D eigenvalue weighted by Crippen LogP contribution is 2.07. The van der Waals surface area contributed by atoms with E-state index in [1.165, 1.54) is 0 Å². The van der Waals surface area contributed by atoms with Crippen LogP contribution in [0.3, 0.4) is 0 Å². The molecule has 5 heteroatoms. The van der Waals surface area contributed by atoms with Crippen LogP contribution in [-0.4, -0.2) is 50.5 Å². The first-order valence-corrected chi connectivity index (χ1v) is 7.91. The molecule has 0 aliphatic heterocycles. The Morgan fingerprint density at radius 3 is 2.64 bits per heavy atom. The second kappa shape index (κ2) is 9.82. The fourth-order valence-corrected chi connectivity index (χ4v) is 2.01. The van der Waals surface area contributed by atoms with Crippen molar-refractivity contribution in [1.82, 2.24) is 15.5 Å². The molecular formula is C17H28N4O. The van der Waals surface area contributed by atoms with Crippen molar-refractivity contribution in [2.45, 2.75) is 26.7 Å². The SMILES string of the molecule is CCCN=C(NCC)NCCc1cccc(C(=O)N(C)C)c1. The number of guanidine groups is 1. The van der Waals surface area contributed by atoms with Gasteiger partial charge in [-0.05, 0) is 37.5 Å². The van der Waals surface area contributed by atoms with Gasteiger partial charge in [0, 0.05) is 39.3 Å². The van der Waals surface area contributed by atoms with Gasteiger partial charge in [0.1, 0.15) is 0 Å². The highest BCUT2D eigenvalue weighted by molar-refractivity contribution is 5.94. The summed E-state index contributed by atoms with van der Waals surface area (Å²) in [5.41, 5.74) is 1.88. The Balaban J connectivity index is 2.57. The van der Waals surface area contributed by atoms with Crippen molar-refractivity contribution in [2.75, 3.05) is 33.7 Å². The van der Waals surface area contributed by atoms with Crippen molar-refractivity contribution in [2.24, 2.45) is 4.99 Å². The second-order valence-electron chi connectivity index (χ2n) is 5.34. The van der Waals surface area contributed by atoms with E-state index in [-0.39, 0.29) is 5.91 Å². The first-order valence-electron chi connectivity index (χ1n) is 7.91. The maximum atomic E-state index is 12.0. The maximum absolute atomic E-state index is 12.0. The molecule has 0 aliphatic carbocycles. The summed E-state index contributed by atoms with van der Waals surface area (Å²) in [5.74, 6) is 0.887. The molecule has 22 heavy (non-hydrogen) atoms. The molecule has 5 nitrogen and oxygen atoms in total. The summed E-state index contributed by atoms with van der Waals surface area (Å²) in [6, 6.07) is 7.79. The van der Waals surface area contributed by atoms with Gasteiger partial charge < -0.3 is 15.5 Å². The molecule has 1 rings (SSSR count). The topological polar surface area (TPSA) is 56.7 Å². The molecule has 0 aromatic heterocycles. The summed E-state index contributed by atoms with van der Waals surface area (Å²) in [6.07, 6.45) is 1.89. The molecule has 0 fully saturated rings. The molecule has 0 saturated carbocycles. The number of benzene rings is 1. The molecule has 0 heterocycles. The van der Waals surface area contributed by atoms with Gasteiger partial charge in [0.05, 0.1) is 0 Å². The lowest BCUT2D eigenvalue weighted by Crippen LogP contribution is -2.38. The van der Waals surface area contributed by atoms with Gasteiger partial charge in [0.25, 0.3) is 5.91 Å². The molecule has 0 aliphatic rings. The number of nitrogens with zero attached hydrogens (tertiary/aromatic N) is 2. The Kier molecular flexibility index (Phi) is 8.04. The van der Waals surface area contributed by atoms with E-state index in [9.17, 15) is 4.79 Å².